The Morgan fingerprint density at radius 3 is 2.69 bits per heavy atom. The monoisotopic (exact) mass is 359 g/mol. The summed E-state index contributed by atoms with van der Waals surface area (Å²) >= 11 is 0. The Morgan fingerprint density at radius 1 is 1.23 bits per heavy atom. The van der Waals surface area contributed by atoms with Crippen molar-refractivity contribution in [2.45, 2.75) is 19.0 Å². The number of pyridine rings is 1. The Kier molecular flexibility index (Phi) is 5.80. The second kappa shape index (κ2) is 8.25. The molecule has 1 aliphatic rings. The summed E-state index contributed by atoms with van der Waals surface area (Å²) in [4.78, 5) is 19.9. The van der Waals surface area contributed by atoms with Gasteiger partial charge in [0.15, 0.2) is 0 Å². The quantitative estimate of drug-likeness (QED) is 0.821. The molecule has 6 nitrogen and oxygen atoms in total. The molecule has 1 aromatic carbocycles. The molecule has 1 saturated heterocycles. The third-order valence-corrected chi connectivity index (χ3v) is 4.68. The van der Waals surface area contributed by atoms with Gasteiger partial charge in [0.05, 0.1) is 0 Å². The van der Waals surface area contributed by atoms with E-state index in [1.165, 1.54) is 12.1 Å². The van der Waals surface area contributed by atoms with E-state index >= 15 is 0 Å². The fourth-order valence-electron chi connectivity index (χ4n) is 3.36. The Bertz CT molecular complexity index is 754. The van der Waals surface area contributed by atoms with E-state index in [4.69, 9.17) is 0 Å². The number of aromatic nitrogens is 1. The number of hydrogen-bond donors (Lipinski definition) is 2. The van der Waals surface area contributed by atoms with Crippen LogP contribution in [-0.4, -0.2) is 58.3 Å². The van der Waals surface area contributed by atoms with Gasteiger partial charge < -0.3 is 15.1 Å². The Balaban J connectivity index is 1.75. The van der Waals surface area contributed by atoms with Gasteiger partial charge in [-0.15, -0.1) is 0 Å². The number of nitrogens with zero attached hydrogens (tertiary/aromatic N) is 3. The maximum atomic E-state index is 13.1. The second-order valence-electron chi connectivity index (χ2n) is 6.39. The van der Waals surface area contributed by atoms with Crippen LogP contribution in [0.15, 0.2) is 42.6 Å². The molecule has 1 atom stereocenters. The molecule has 1 aliphatic heterocycles. The lowest BCUT2D eigenvalue weighted by Crippen LogP contribution is -2.53. The zero-order valence-electron chi connectivity index (χ0n) is 14.4. The van der Waals surface area contributed by atoms with E-state index < -0.39 is 5.97 Å². The van der Waals surface area contributed by atoms with Gasteiger partial charge in [-0.05, 0) is 36.2 Å². The van der Waals surface area contributed by atoms with Crippen LogP contribution in [0.1, 0.15) is 22.3 Å². The highest BCUT2D eigenvalue weighted by Gasteiger charge is 2.29. The molecule has 0 amide bonds. The molecule has 2 aromatic rings. The summed E-state index contributed by atoms with van der Waals surface area (Å²) in [6, 6.07) is 9.64. The maximum Gasteiger partial charge on any atom is 0.339 e. The Labute approximate surface area is 151 Å². The maximum absolute atomic E-state index is 13.1. The van der Waals surface area contributed by atoms with Gasteiger partial charge in [0.25, 0.3) is 0 Å². The number of rotatable bonds is 6. The number of anilines is 1. The summed E-state index contributed by atoms with van der Waals surface area (Å²) in [7, 11) is 0. The second-order valence-corrected chi connectivity index (χ2v) is 6.39. The van der Waals surface area contributed by atoms with Gasteiger partial charge in [0.1, 0.15) is 17.2 Å². The summed E-state index contributed by atoms with van der Waals surface area (Å²) in [5, 5.41) is 18.8. The van der Waals surface area contributed by atoms with Crippen LogP contribution in [-0.2, 0) is 6.54 Å². The van der Waals surface area contributed by atoms with Crippen molar-refractivity contribution in [1.29, 1.82) is 0 Å². The molecule has 7 heteroatoms. The van der Waals surface area contributed by atoms with Crippen molar-refractivity contribution < 1.29 is 19.4 Å². The van der Waals surface area contributed by atoms with E-state index in [0.29, 0.717) is 38.4 Å². The first-order chi connectivity index (χ1) is 12.6. The molecule has 0 unspecified atom stereocenters. The molecule has 3 rings (SSSR count). The van der Waals surface area contributed by atoms with Crippen LogP contribution in [0.4, 0.5) is 10.2 Å². The molecule has 0 radical (unpaired) electrons. The van der Waals surface area contributed by atoms with Crippen LogP contribution in [0, 0.1) is 5.82 Å². The van der Waals surface area contributed by atoms with Gasteiger partial charge in [-0.3, -0.25) is 4.90 Å². The minimum atomic E-state index is -0.999. The highest BCUT2D eigenvalue weighted by atomic mass is 19.1. The number of carboxylic acids is 1. The molecule has 2 N–H and O–H groups in total. The van der Waals surface area contributed by atoms with Crippen molar-refractivity contribution >= 4 is 11.8 Å². The largest absolute Gasteiger partial charge is 0.478 e. The smallest absolute Gasteiger partial charge is 0.339 e. The summed E-state index contributed by atoms with van der Waals surface area (Å²) < 4.78 is 13.1. The third kappa shape index (κ3) is 4.17. The standard InChI is InChI=1S/C19H22FN3O3/c20-15-5-3-14(4-6-15)12-22-9-10-23(13-16(22)7-11-24)18-17(19(25)26)2-1-8-21-18/h1-6,8,16,24H,7,9-13H2,(H,25,26)/t16-/m0/s1. The SMILES string of the molecule is O=C(O)c1cccnc1N1CCN(Cc2ccc(F)cc2)[C@@H](CCO)C1. The van der Waals surface area contributed by atoms with Crippen LogP contribution in [0.25, 0.3) is 0 Å². The topological polar surface area (TPSA) is 76.9 Å². The molecule has 0 saturated carbocycles. The van der Waals surface area contributed by atoms with Crippen molar-refractivity contribution in [2.24, 2.45) is 0 Å². The van der Waals surface area contributed by atoms with Crippen molar-refractivity contribution in [2.75, 3.05) is 31.1 Å². The molecule has 0 aliphatic carbocycles. The normalized spacial score (nSPS) is 18.1. The number of halogens is 1. The van der Waals surface area contributed by atoms with Crippen molar-refractivity contribution in [1.82, 2.24) is 9.88 Å². The minimum absolute atomic E-state index is 0.0480. The number of aromatic carboxylic acids is 1. The lowest BCUT2D eigenvalue weighted by Gasteiger charge is -2.42. The molecular formula is C19H22FN3O3. The van der Waals surface area contributed by atoms with E-state index in [2.05, 4.69) is 9.88 Å². The first-order valence-electron chi connectivity index (χ1n) is 8.61. The van der Waals surface area contributed by atoms with Gasteiger partial charge in [-0.1, -0.05) is 12.1 Å². The number of benzene rings is 1. The highest BCUT2D eigenvalue weighted by Crippen LogP contribution is 2.23. The third-order valence-electron chi connectivity index (χ3n) is 4.68. The first-order valence-corrected chi connectivity index (χ1v) is 8.61. The Hall–Kier alpha value is -2.51. The van der Waals surface area contributed by atoms with Crippen LogP contribution in [0.2, 0.25) is 0 Å². The molecule has 26 heavy (non-hydrogen) atoms. The van der Waals surface area contributed by atoms with Gasteiger partial charge in [-0.25, -0.2) is 14.2 Å². The van der Waals surface area contributed by atoms with E-state index in [-0.39, 0.29) is 24.0 Å². The number of carbonyl (C=O) groups is 1. The highest BCUT2D eigenvalue weighted by molar-refractivity contribution is 5.93. The zero-order valence-corrected chi connectivity index (χ0v) is 14.4. The van der Waals surface area contributed by atoms with E-state index in [9.17, 15) is 19.4 Å². The summed E-state index contributed by atoms with van der Waals surface area (Å²) in [5.74, 6) is -0.799. The molecule has 138 valence electrons. The first kappa shape index (κ1) is 18.3. The molecule has 1 fully saturated rings. The molecule has 0 spiro atoms. The summed E-state index contributed by atoms with van der Waals surface area (Å²) in [6.07, 6.45) is 2.17. The predicted molar refractivity (Wildman–Crippen MR) is 95.7 cm³/mol. The predicted octanol–water partition coefficient (Wildman–Crippen LogP) is 1.99. The van der Waals surface area contributed by atoms with E-state index in [0.717, 1.165) is 5.56 Å². The fourth-order valence-corrected chi connectivity index (χ4v) is 3.36. The molecule has 0 bridgehead atoms. The van der Waals surface area contributed by atoms with Gasteiger partial charge >= 0.3 is 5.97 Å². The summed E-state index contributed by atoms with van der Waals surface area (Å²) in [5.41, 5.74) is 1.19. The van der Waals surface area contributed by atoms with Crippen LogP contribution in [0.5, 0.6) is 0 Å². The van der Waals surface area contributed by atoms with Crippen molar-refractivity contribution in [3.05, 3.63) is 59.5 Å². The van der Waals surface area contributed by atoms with Crippen LogP contribution in [0.3, 0.4) is 0 Å². The number of aliphatic hydroxyl groups is 1. The van der Waals surface area contributed by atoms with E-state index in [1.54, 1.807) is 30.5 Å². The van der Waals surface area contributed by atoms with Gasteiger partial charge in [0, 0.05) is 45.0 Å². The van der Waals surface area contributed by atoms with Gasteiger partial charge in [0.2, 0.25) is 0 Å². The minimum Gasteiger partial charge on any atom is -0.478 e. The van der Waals surface area contributed by atoms with Crippen molar-refractivity contribution in [3.8, 4) is 0 Å². The number of hydrogen-bond acceptors (Lipinski definition) is 5. The average molecular weight is 359 g/mol. The fraction of sp³-hybridized carbons (Fsp3) is 0.368. The summed E-state index contributed by atoms with van der Waals surface area (Å²) in [6.45, 7) is 2.64. The molecule has 2 heterocycles. The van der Waals surface area contributed by atoms with Crippen LogP contribution < -0.4 is 4.90 Å². The molecular weight excluding hydrogens is 337 g/mol. The number of carboxylic acid groups (broad SMARTS) is 1. The van der Waals surface area contributed by atoms with Gasteiger partial charge in [-0.2, -0.15) is 0 Å². The van der Waals surface area contributed by atoms with Crippen molar-refractivity contribution in [3.63, 3.8) is 0 Å². The lowest BCUT2D eigenvalue weighted by atomic mass is 10.1. The average Bonchev–Trinajstić information content (AvgIpc) is 2.65. The van der Waals surface area contributed by atoms with E-state index in [1.807, 2.05) is 4.90 Å². The van der Waals surface area contributed by atoms with Crippen LogP contribution >= 0.6 is 0 Å². The zero-order chi connectivity index (χ0) is 18.5. The Morgan fingerprint density at radius 2 is 2.00 bits per heavy atom. The number of aliphatic hydroxyl groups excluding tert-OH is 1. The lowest BCUT2D eigenvalue weighted by molar-refractivity contribution is 0.0696. The number of piperazine rings is 1. The molecule has 1 aromatic heterocycles.